The highest BCUT2D eigenvalue weighted by Gasteiger charge is 2.25. The molecule has 1 fully saturated rings. The fraction of sp³-hybridized carbons (Fsp3) is 0.889. The Balaban J connectivity index is 2.49. The Kier molecular flexibility index (Phi) is 4.02. The summed E-state index contributed by atoms with van der Waals surface area (Å²) in [5.74, 6) is 0. The molecule has 2 N–H and O–H groups in total. The number of hydrogen-bond donors (Lipinski definition) is 2. The first-order valence-electron chi connectivity index (χ1n) is 4.88. The third-order valence-electron chi connectivity index (χ3n) is 2.58. The number of carbonyl (C=O) groups is 1. The lowest BCUT2D eigenvalue weighted by Gasteiger charge is -2.27. The Morgan fingerprint density at radius 2 is 2.15 bits per heavy atom. The fourth-order valence-electron chi connectivity index (χ4n) is 1.92. The van der Waals surface area contributed by atoms with Gasteiger partial charge < -0.3 is 15.3 Å². The summed E-state index contributed by atoms with van der Waals surface area (Å²) in [6.07, 6.45) is 4.55. The van der Waals surface area contributed by atoms with Crippen LogP contribution in [0, 0.1) is 0 Å². The summed E-state index contributed by atoms with van der Waals surface area (Å²) in [7, 11) is 1.63. The summed E-state index contributed by atoms with van der Waals surface area (Å²) in [6.45, 7) is 0.494. The molecule has 76 valence electrons. The molecule has 0 saturated heterocycles. The first-order chi connectivity index (χ1) is 6.29. The lowest BCUT2D eigenvalue weighted by Crippen LogP contribution is -2.45. The standard InChI is InChI=1S/C9H18N2O2/c1-10-9(13)11(6-7-12)8-4-2-3-5-8/h8,12H,2-7H2,1H3,(H,10,13). The maximum absolute atomic E-state index is 11.4. The van der Waals surface area contributed by atoms with Gasteiger partial charge in [-0.3, -0.25) is 0 Å². The highest BCUT2D eigenvalue weighted by atomic mass is 16.3. The minimum atomic E-state index is -0.0686. The number of carbonyl (C=O) groups excluding carboxylic acids is 1. The SMILES string of the molecule is CNC(=O)N(CCO)C1CCCC1. The number of urea groups is 1. The molecular formula is C9H18N2O2. The number of aliphatic hydroxyl groups excluding tert-OH is 1. The molecule has 0 bridgehead atoms. The molecule has 1 aliphatic rings. The monoisotopic (exact) mass is 186 g/mol. The summed E-state index contributed by atoms with van der Waals surface area (Å²) in [5.41, 5.74) is 0. The molecule has 0 heterocycles. The Labute approximate surface area is 78.9 Å². The number of amides is 2. The molecule has 0 spiro atoms. The van der Waals surface area contributed by atoms with Gasteiger partial charge >= 0.3 is 6.03 Å². The van der Waals surface area contributed by atoms with Gasteiger partial charge in [-0.15, -0.1) is 0 Å². The van der Waals surface area contributed by atoms with Crippen LogP contribution in [-0.4, -0.2) is 42.3 Å². The summed E-state index contributed by atoms with van der Waals surface area (Å²) >= 11 is 0. The van der Waals surface area contributed by atoms with Crippen molar-refractivity contribution >= 4 is 6.03 Å². The van der Waals surface area contributed by atoms with Gasteiger partial charge in [0, 0.05) is 19.6 Å². The van der Waals surface area contributed by atoms with Crippen molar-refractivity contribution in [1.29, 1.82) is 0 Å². The minimum Gasteiger partial charge on any atom is -0.395 e. The molecule has 0 aromatic carbocycles. The molecule has 0 atom stereocenters. The quantitative estimate of drug-likeness (QED) is 0.676. The maximum atomic E-state index is 11.4. The molecule has 4 nitrogen and oxygen atoms in total. The Bertz CT molecular complexity index is 167. The van der Waals surface area contributed by atoms with Crippen LogP contribution in [0.15, 0.2) is 0 Å². The second kappa shape index (κ2) is 5.07. The number of rotatable bonds is 3. The molecule has 0 radical (unpaired) electrons. The smallest absolute Gasteiger partial charge is 0.317 e. The van der Waals surface area contributed by atoms with E-state index in [1.807, 2.05) is 0 Å². The zero-order chi connectivity index (χ0) is 9.68. The predicted octanol–water partition coefficient (Wildman–Crippen LogP) is 0.563. The molecule has 0 aromatic heterocycles. The molecule has 2 amide bonds. The molecule has 0 unspecified atom stereocenters. The number of nitrogens with one attached hydrogen (secondary N) is 1. The molecule has 0 aromatic rings. The van der Waals surface area contributed by atoms with Crippen LogP contribution in [0.4, 0.5) is 4.79 Å². The van der Waals surface area contributed by atoms with Gasteiger partial charge in [-0.05, 0) is 12.8 Å². The Hall–Kier alpha value is -0.770. The van der Waals surface area contributed by atoms with Crippen LogP contribution in [0.25, 0.3) is 0 Å². The van der Waals surface area contributed by atoms with Gasteiger partial charge in [0.25, 0.3) is 0 Å². The van der Waals surface area contributed by atoms with E-state index in [4.69, 9.17) is 5.11 Å². The van der Waals surface area contributed by atoms with Gasteiger partial charge in [0.05, 0.1) is 6.61 Å². The van der Waals surface area contributed by atoms with E-state index in [0.29, 0.717) is 12.6 Å². The molecular weight excluding hydrogens is 168 g/mol. The number of nitrogens with zero attached hydrogens (tertiary/aromatic N) is 1. The summed E-state index contributed by atoms with van der Waals surface area (Å²) in [6, 6.07) is 0.271. The lowest BCUT2D eigenvalue weighted by molar-refractivity contribution is 0.154. The van der Waals surface area contributed by atoms with Crippen LogP contribution in [0.5, 0.6) is 0 Å². The van der Waals surface area contributed by atoms with Crippen molar-refractivity contribution in [2.24, 2.45) is 0 Å². The largest absolute Gasteiger partial charge is 0.395 e. The normalized spacial score (nSPS) is 17.4. The van der Waals surface area contributed by atoms with Gasteiger partial charge in [-0.2, -0.15) is 0 Å². The summed E-state index contributed by atoms with van der Waals surface area (Å²) < 4.78 is 0. The van der Waals surface area contributed by atoms with E-state index in [-0.39, 0.29) is 12.6 Å². The molecule has 0 aliphatic heterocycles. The lowest BCUT2D eigenvalue weighted by atomic mass is 10.2. The van der Waals surface area contributed by atoms with Crippen LogP contribution in [0.2, 0.25) is 0 Å². The van der Waals surface area contributed by atoms with Crippen LogP contribution >= 0.6 is 0 Å². The first-order valence-corrected chi connectivity index (χ1v) is 4.88. The fourth-order valence-corrected chi connectivity index (χ4v) is 1.92. The zero-order valence-electron chi connectivity index (χ0n) is 8.12. The third-order valence-corrected chi connectivity index (χ3v) is 2.58. The van der Waals surface area contributed by atoms with E-state index in [1.54, 1.807) is 11.9 Å². The molecule has 1 rings (SSSR count). The van der Waals surface area contributed by atoms with E-state index in [0.717, 1.165) is 12.8 Å². The topological polar surface area (TPSA) is 52.6 Å². The Morgan fingerprint density at radius 3 is 2.62 bits per heavy atom. The molecule has 1 saturated carbocycles. The third kappa shape index (κ3) is 2.59. The van der Waals surface area contributed by atoms with Gasteiger partial charge in [-0.25, -0.2) is 4.79 Å². The second-order valence-electron chi connectivity index (χ2n) is 3.41. The molecule has 4 heteroatoms. The van der Waals surface area contributed by atoms with Crippen LogP contribution in [0.1, 0.15) is 25.7 Å². The second-order valence-corrected chi connectivity index (χ2v) is 3.41. The van der Waals surface area contributed by atoms with Gasteiger partial charge in [0.1, 0.15) is 0 Å². The highest BCUT2D eigenvalue weighted by molar-refractivity contribution is 5.74. The van der Waals surface area contributed by atoms with Gasteiger partial charge in [-0.1, -0.05) is 12.8 Å². The average molecular weight is 186 g/mol. The van der Waals surface area contributed by atoms with E-state index in [9.17, 15) is 4.79 Å². The van der Waals surface area contributed by atoms with Crippen molar-refractivity contribution in [3.05, 3.63) is 0 Å². The van der Waals surface area contributed by atoms with Crippen molar-refractivity contribution in [1.82, 2.24) is 10.2 Å². The van der Waals surface area contributed by atoms with Gasteiger partial charge in [0.15, 0.2) is 0 Å². The average Bonchev–Trinajstić information content (AvgIpc) is 2.65. The van der Waals surface area contributed by atoms with Crippen LogP contribution in [-0.2, 0) is 0 Å². The Morgan fingerprint density at radius 1 is 1.54 bits per heavy atom. The zero-order valence-corrected chi connectivity index (χ0v) is 8.12. The first kappa shape index (κ1) is 10.3. The van der Waals surface area contributed by atoms with E-state index >= 15 is 0 Å². The van der Waals surface area contributed by atoms with Gasteiger partial charge in [0.2, 0.25) is 0 Å². The molecule has 1 aliphatic carbocycles. The number of aliphatic hydroxyl groups is 1. The van der Waals surface area contributed by atoms with Crippen molar-refractivity contribution in [3.63, 3.8) is 0 Å². The summed E-state index contributed by atoms with van der Waals surface area (Å²) in [4.78, 5) is 13.1. The van der Waals surface area contributed by atoms with E-state index in [1.165, 1.54) is 12.8 Å². The highest BCUT2D eigenvalue weighted by Crippen LogP contribution is 2.23. The van der Waals surface area contributed by atoms with E-state index < -0.39 is 0 Å². The van der Waals surface area contributed by atoms with Crippen LogP contribution < -0.4 is 5.32 Å². The number of hydrogen-bond acceptors (Lipinski definition) is 2. The van der Waals surface area contributed by atoms with Crippen molar-refractivity contribution in [2.45, 2.75) is 31.7 Å². The molecule has 13 heavy (non-hydrogen) atoms. The van der Waals surface area contributed by atoms with Crippen molar-refractivity contribution in [2.75, 3.05) is 20.2 Å². The minimum absolute atomic E-state index is 0.0456. The van der Waals surface area contributed by atoms with E-state index in [2.05, 4.69) is 5.32 Å². The maximum Gasteiger partial charge on any atom is 0.317 e. The summed E-state index contributed by atoms with van der Waals surface area (Å²) in [5, 5.41) is 11.4. The van der Waals surface area contributed by atoms with Crippen molar-refractivity contribution < 1.29 is 9.90 Å². The van der Waals surface area contributed by atoms with Crippen molar-refractivity contribution in [3.8, 4) is 0 Å². The van der Waals surface area contributed by atoms with Crippen LogP contribution in [0.3, 0.4) is 0 Å². The predicted molar refractivity (Wildman–Crippen MR) is 50.5 cm³/mol.